The third-order valence-electron chi connectivity index (χ3n) is 3.03. The van der Waals surface area contributed by atoms with Crippen LogP contribution in [0.4, 0.5) is 15.8 Å². The molecule has 5 heteroatoms. The Balaban J connectivity index is 1.73. The summed E-state index contributed by atoms with van der Waals surface area (Å²) in [6.07, 6.45) is 0.999. The van der Waals surface area contributed by atoms with Crippen molar-refractivity contribution in [3.8, 4) is 5.75 Å². The zero-order valence-electron chi connectivity index (χ0n) is 12.5. The molecule has 2 aromatic carbocycles. The highest BCUT2D eigenvalue weighted by Gasteiger charge is 2.00. The lowest BCUT2D eigenvalue weighted by atomic mass is 10.3. The van der Waals surface area contributed by atoms with Crippen molar-refractivity contribution in [1.29, 1.82) is 0 Å². The number of benzene rings is 2. The van der Waals surface area contributed by atoms with E-state index in [1.54, 1.807) is 12.1 Å². The SMILES string of the molecule is CCCOc1ccc(NCCNc2ccc(F)c(Cl)c2)cc1. The molecule has 3 nitrogen and oxygen atoms in total. The number of ether oxygens (including phenoxy) is 1. The monoisotopic (exact) mass is 322 g/mol. The Morgan fingerprint density at radius 2 is 1.64 bits per heavy atom. The number of nitrogens with one attached hydrogen (secondary N) is 2. The standard InChI is InChI=1S/C17H20ClFN2O/c1-2-11-22-15-6-3-13(4-7-15)20-9-10-21-14-5-8-17(19)16(18)12-14/h3-8,12,20-21H,2,9-11H2,1H3. The summed E-state index contributed by atoms with van der Waals surface area (Å²) in [5.41, 5.74) is 1.83. The molecule has 118 valence electrons. The summed E-state index contributed by atoms with van der Waals surface area (Å²) in [5.74, 6) is 0.474. The van der Waals surface area contributed by atoms with Gasteiger partial charge in [-0.25, -0.2) is 4.39 Å². The Morgan fingerprint density at radius 1 is 1.00 bits per heavy atom. The number of hydrogen-bond acceptors (Lipinski definition) is 3. The van der Waals surface area contributed by atoms with Gasteiger partial charge in [-0.15, -0.1) is 0 Å². The zero-order chi connectivity index (χ0) is 15.8. The van der Waals surface area contributed by atoms with E-state index in [1.807, 2.05) is 24.3 Å². The number of rotatable bonds is 8. The molecule has 0 saturated carbocycles. The average molecular weight is 323 g/mol. The van der Waals surface area contributed by atoms with Crippen molar-refractivity contribution in [1.82, 2.24) is 0 Å². The lowest BCUT2D eigenvalue weighted by Gasteiger charge is -2.10. The minimum absolute atomic E-state index is 0.126. The fourth-order valence-electron chi connectivity index (χ4n) is 1.91. The second-order valence-electron chi connectivity index (χ2n) is 4.86. The van der Waals surface area contributed by atoms with Crippen LogP contribution in [0, 0.1) is 5.82 Å². The zero-order valence-corrected chi connectivity index (χ0v) is 13.3. The Kier molecular flexibility index (Phi) is 6.34. The molecule has 0 fully saturated rings. The molecule has 0 bridgehead atoms. The number of anilines is 2. The molecule has 0 aliphatic heterocycles. The van der Waals surface area contributed by atoms with Gasteiger partial charge in [-0.05, 0) is 48.9 Å². The van der Waals surface area contributed by atoms with Crippen LogP contribution in [0.15, 0.2) is 42.5 Å². The largest absolute Gasteiger partial charge is 0.494 e. The van der Waals surface area contributed by atoms with Crippen LogP contribution >= 0.6 is 11.6 Å². The Labute approximate surface area is 135 Å². The summed E-state index contributed by atoms with van der Waals surface area (Å²) in [5, 5.41) is 6.61. The summed E-state index contributed by atoms with van der Waals surface area (Å²) in [4.78, 5) is 0. The second-order valence-corrected chi connectivity index (χ2v) is 5.26. The van der Waals surface area contributed by atoms with Crippen molar-refractivity contribution in [2.24, 2.45) is 0 Å². The van der Waals surface area contributed by atoms with Crippen LogP contribution in [-0.2, 0) is 0 Å². The van der Waals surface area contributed by atoms with E-state index in [1.165, 1.54) is 6.07 Å². The van der Waals surface area contributed by atoms with Gasteiger partial charge in [0, 0.05) is 24.5 Å². The van der Waals surface area contributed by atoms with Gasteiger partial charge in [-0.1, -0.05) is 18.5 Å². The molecule has 0 aromatic heterocycles. The van der Waals surface area contributed by atoms with E-state index in [0.717, 1.165) is 36.7 Å². The van der Waals surface area contributed by atoms with Gasteiger partial charge >= 0.3 is 0 Å². The first-order valence-corrected chi connectivity index (χ1v) is 7.72. The van der Waals surface area contributed by atoms with Crippen LogP contribution in [0.25, 0.3) is 0 Å². The van der Waals surface area contributed by atoms with Gasteiger partial charge in [-0.3, -0.25) is 0 Å². The summed E-state index contributed by atoms with van der Waals surface area (Å²) in [7, 11) is 0. The maximum Gasteiger partial charge on any atom is 0.141 e. The van der Waals surface area contributed by atoms with E-state index in [0.29, 0.717) is 6.54 Å². The fourth-order valence-corrected chi connectivity index (χ4v) is 2.09. The van der Waals surface area contributed by atoms with E-state index >= 15 is 0 Å². The Bertz CT molecular complexity index is 590. The molecular formula is C17H20ClFN2O. The van der Waals surface area contributed by atoms with Gasteiger partial charge in [0.05, 0.1) is 11.6 Å². The molecule has 2 N–H and O–H groups in total. The third-order valence-corrected chi connectivity index (χ3v) is 3.32. The predicted octanol–water partition coefficient (Wildman–Crippen LogP) is 4.79. The van der Waals surface area contributed by atoms with Gasteiger partial charge in [0.1, 0.15) is 11.6 Å². The molecular weight excluding hydrogens is 303 g/mol. The molecule has 0 unspecified atom stereocenters. The summed E-state index contributed by atoms with van der Waals surface area (Å²) >= 11 is 5.73. The van der Waals surface area contributed by atoms with Crippen molar-refractivity contribution in [2.45, 2.75) is 13.3 Å². The average Bonchev–Trinajstić information content (AvgIpc) is 2.54. The molecule has 0 atom stereocenters. The van der Waals surface area contributed by atoms with Crippen LogP contribution in [0.1, 0.15) is 13.3 Å². The maximum absolute atomic E-state index is 13.0. The van der Waals surface area contributed by atoms with E-state index in [2.05, 4.69) is 17.6 Å². The van der Waals surface area contributed by atoms with E-state index in [9.17, 15) is 4.39 Å². The van der Waals surface area contributed by atoms with E-state index in [4.69, 9.17) is 16.3 Å². The maximum atomic E-state index is 13.0. The minimum atomic E-state index is -0.407. The van der Waals surface area contributed by atoms with E-state index < -0.39 is 5.82 Å². The van der Waals surface area contributed by atoms with Gasteiger partial charge in [0.2, 0.25) is 0 Å². The molecule has 0 heterocycles. The molecule has 0 spiro atoms. The van der Waals surface area contributed by atoms with Gasteiger partial charge in [0.25, 0.3) is 0 Å². The summed E-state index contributed by atoms with van der Waals surface area (Å²) in [6, 6.07) is 12.5. The highest BCUT2D eigenvalue weighted by atomic mass is 35.5. The van der Waals surface area contributed by atoms with E-state index in [-0.39, 0.29) is 5.02 Å². The fraction of sp³-hybridized carbons (Fsp3) is 0.294. The molecule has 22 heavy (non-hydrogen) atoms. The first-order chi connectivity index (χ1) is 10.7. The van der Waals surface area contributed by atoms with Crippen LogP contribution < -0.4 is 15.4 Å². The molecule has 0 aliphatic carbocycles. The lowest BCUT2D eigenvalue weighted by Crippen LogP contribution is -2.13. The third kappa shape index (κ3) is 5.11. The predicted molar refractivity (Wildman–Crippen MR) is 90.6 cm³/mol. The van der Waals surface area contributed by atoms with Gasteiger partial charge in [0.15, 0.2) is 0 Å². The molecule has 2 rings (SSSR count). The van der Waals surface area contributed by atoms with Crippen LogP contribution in [-0.4, -0.2) is 19.7 Å². The topological polar surface area (TPSA) is 33.3 Å². The first kappa shape index (κ1) is 16.4. The van der Waals surface area contributed by atoms with Gasteiger partial charge < -0.3 is 15.4 Å². The molecule has 0 amide bonds. The van der Waals surface area contributed by atoms with Crippen molar-refractivity contribution in [3.05, 3.63) is 53.3 Å². The normalized spacial score (nSPS) is 10.3. The molecule has 0 radical (unpaired) electrons. The Hall–Kier alpha value is -1.94. The lowest BCUT2D eigenvalue weighted by molar-refractivity contribution is 0.317. The molecule has 2 aromatic rings. The van der Waals surface area contributed by atoms with Crippen LogP contribution in [0.2, 0.25) is 5.02 Å². The van der Waals surface area contributed by atoms with Crippen LogP contribution in [0.5, 0.6) is 5.75 Å². The highest BCUT2D eigenvalue weighted by molar-refractivity contribution is 6.31. The molecule has 0 saturated heterocycles. The second kappa shape index (κ2) is 8.49. The van der Waals surface area contributed by atoms with Crippen molar-refractivity contribution >= 4 is 23.0 Å². The van der Waals surface area contributed by atoms with Crippen molar-refractivity contribution < 1.29 is 9.13 Å². The van der Waals surface area contributed by atoms with Crippen molar-refractivity contribution in [3.63, 3.8) is 0 Å². The summed E-state index contributed by atoms with van der Waals surface area (Å²) < 4.78 is 18.6. The number of halogens is 2. The Morgan fingerprint density at radius 3 is 2.27 bits per heavy atom. The summed E-state index contributed by atoms with van der Waals surface area (Å²) in [6.45, 7) is 4.26. The first-order valence-electron chi connectivity index (χ1n) is 7.34. The van der Waals surface area contributed by atoms with Crippen molar-refractivity contribution in [2.75, 3.05) is 30.3 Å². The highest BCUT2D eigenvalue weighted by Crippen LogP contribution is 2.19. The van der Waals surface area contributed by atoms with Gasteiger partial charge in [-0.2, -0.15) is 0 Å². The van der Waals surface area contributed by atoms with Crippen LogP contribution in [0.3, 0.4) is 0 Å². The smallest absolute Gasteiger partial charge is 0.141 e. The number of hydrogen-bond donors (Lipinski definition) is 2. The minimum Gasteiger partial charge on any atom is -0.494 e. The quantitative estimate of drug-likeness (QED) is 0.685. The molecule has 0 aliphatic rings.